The quantitative estimate of drug-likeness (QED) is 0.527. The molecule has 2 aromatic rings. The Hall–Kier alpha value is -2.54. The Kier molecular flexibility index (Phi) is 9.37. The smallest absolute Gasteiger partial charge is 0.416 e. The van der Waals surface area contributed by atoms with Crippen LogP contribution in [0.2, 0.25) is 0 Å². The van der Waals surface area contributed by atoms with Crippen molar-refractivity contribution in [2.45, 2.75) is 38.8 Å². The lowest BCUT2D eigenvalue weighted by molar-refractivity contribution is -0.138. The zero-order valence-electron chi connectivity index (χ0n) is 18.0. The van der Waals surface area contributed by atoms with E-state index in [1.54, 1.807) is 0 Å². The van der Waals surface area contributed by atoms with Gasteiger partial charge in [-0.2, -0.15) is 13.2 Å². The summed E-state index contributed by atoms with van der Waals surface area (Å²) in [6.07, 6.45) is -2.54. The molecule has 0 saturated heterocycles. The Bertz CT molecular complexity index is 786. The monoisotopic (exact) mass is 436 g/mol. The van der Waals surface area contributed by atoms with Crippen molar-refractivity contribution in [3.63, 3.8) is 0 Å². The van der Waals surface area contributed by atoms with Crippen molar-refractivity contribution in [2.75, 3.05) is 25.0 Å². The van der Waals surface area contributed by atoms with Crippen molar-refractivity contribution in [3.05, 3.63) is 65.7 Å². The molecule has 0 amide bonds. The van der Waals surface area contributed by atoms with E-state index in [2.05, 4.69) is 10.6 Å². The number of carbonyl (C=O) groups is 1. The van der Waals surface area contributed by atoms with Gasteiger partial charge in [0.2, 0.25) is 0 Å². The first kappa shape index (κ1) is 24.7. The van der Waals surface area contributed by atoms with Gasteiger partial charge in [0.1, 0.15) is 0 Å². The molecule has 3 N–H and O–H groups in total. The van der Waals surface area contributed by atoms with Gasteiger partial charge in [-0.05, 0) is 60.9 Å². The molecule has 1 heterocycles. The molecule has 7 heteroatoms. The normalized spacial score (nSPS) is 18.7. The standard InChI is InChI=1S/C18H25F3N2O2.C6H6/c1-11(8-22-10-17(24)25)3-4-13-9-23-16-6-5-14(18(19,20)21)7-15(16)12(13)2;1-2-4-6-5-3-1/h5-7,11-13,22-23H,3-4,8-10H2,1-2H3,(H,24,25);1-6H. The van der Waals surface area contributed by atoms with Crippen LogP contribution in [0.25, 0.3) is 0 Å². The molecule has 4 nitrogen and oxygen atoms in total. The number of benzene rings is 2. The molecular formula is C24H31F3N2O2. The molecule has 1 aliphatic heterocycles. The van der Waals surface area contributed by atoms with Crippen LogP contribution < -0.4 is 10.6 Å². The number of hydrogen-bond donors (Lipinski definition) is 3. The number of nitrogens with one attached hydrogen (secondary N) is 2. The van der Waals surface area contributed by atoms with Crippen molar-refractivity contribution < 1.29 is 23.1 Å². The minimum atomic E-state index is -4.33. The number of hydrogen-bond acceptors (Lipinski definition) is 3. The summed E-state index contributed by atoms with van der Waals surface area (Å²) in [4.78, 5) is 10.5. The second kappa shape index (κ2) is 11.7. The highest BCUT2D eigenvalue weighted by Crippen LogP contribution is 2.40. The molecule has 0 fully saturated rings. The lowest BCUT2D eigenvalue weighted by Crippen LogP contribution is -2.29. The fourth-order valence-electron chi connectivity index (χ4n) is 3.71. The van der Waals surface area contributed by atoms with Gasteiger partial charge in [-0.3, -0.25) is 4.79 Å². The molecule has 3 rings (SSSR count). The first-order valence-corrected chi connectivity index (χ1v) is 10.6. The van der Waals surface area contributed by atoms with Crippen LogP contribution in [0.5, 0.6) is 0 Å². The second-order valence-electron chi connectivity index (χ2n) is 8.09. The Labute approximate surface area is 181 Å². The number of anilines is 1. The average molecular weight is 437 g/mol. The Morgan fingerprint density at radius 2 is 1.81 bits per heavy atom. The van der Waals surface area contributed by atoms with E-state index < -0.39 is 17.7 Å². The van der Waals surface area contributed by atoms with Crippen LogP contribution in [-0.4, -0.2) is 30.7 Å². The summed E-state index contributed by atoms with van der Waals surface area (Å²) < 4.78 is 38.8. The molecular weight excluding hydrogens is 405 g/mol. The van der Waals surface area contributed by atoms with Gasteiger partial charge in [0.15, 0.2) is 0 Å². The van der Waals surface area contributed by atoms with Gasteiger partial charge in [0.25, 0.3) is 0 Å². The third kappa shape index (κ3) is 8.25. The number of carboxylic acid groups (broad SMARTS) is 1. The Morgan fingerprint density at radius 1 is 1.19 bits per heavy atom. The number of carboxylic acids is 1. The third-order valence-electron chi connectivity index (χ3n) is 5.60. The van der Waals surface area contributed by atoms with E-state index in [1.165, 1.54) is 12.1 Å². The average Bonchev–Trinajstić information content (AvgIpc) is 2.74. The van der Waals surface area contributed by atoms with Crippen molar-refractivity contribution in [1.82, 2.24) is 5.32 Å². The number of halogens is 3. The maximum Gasteiger partial charge on any atom is 0.416 e. The molecule has 1 aliphatic rings. The van der Waals surface area contributed by atoms with Crippen LogP contribution in [-0.2, 0) is 11.0 Å². The van der Waals surface area contributed by atoms with Crippen molar-refractivity contribution in [3.8, 4) is 0 Å². The number of fused-ring (bicyclic) bond motifs is 1. The molecule has 3 unspecified atom stereocenters. The van der Waals surface area contributed by atoms with E-state index >= 15 is 0 Å². The van der Waals surface area contributed by atoms with Crippen LogP contribution in [0.4, 0.5) is 18.9 Å². The van der Waals surface area contributed by atoms with E-state index in [0.717, 1.165) is 36.7 Å². The van der Waals surface area contributed by atoms with E-state index in [4.69, 9.17) is 5.11 Å². The second-order valence-corrected chi connectivity index (χ2v) is 8.09. The van der Waals surface area contributed by atoms with E-state index in [1.807, 2.05) is 50.2 Å². The fourth-order valence-corrected chi connectivity index (χ4v) is 3.71. The molecule has 2 aromatic carbocycles. The van der Waals surface area contributed by atoms with Crippen molar-refractivity contribution in [2.24, 2.45) is 11.8 Å². The highest BCUT2D eigenvalue weighted by molar-refractivity contribution is 5.68. The summed E-state index contributed by atoms with van der Waals surface area (Å²) in [6.45, 7) is 5.34. The van der Waals surface area contributed by atoms with Gasteiger partial charge in [-0.1, -0.05) is 50.2 Å². The zero-order chi connectivity index (χ0) is 22.9. The van der Waals surface area contributed by atoms with Crippen molar-refractivity contribution in [1.29, 1.82) is 0 Å². The van der Waals surface area contributed by atoms with E-state index in [9.17, 15) is 18.0 Å². The summed E-state index contributed by atoms with van der Waals surface area (Å²) in [5, 5.41) is 14.7. The molecule has 0 aliphatic carbocycles. The summed E-state index contributed by atoms with van der Waals surface area (Å²) in [5.74, 6) is -0.250. The molecule has 170 valence electrons. The van der Waals surface area contributed by atoms with Gasteiger partial charge >= 0.3 is 12.1 Å². The van der Waals surface area contributed by atoms with E-state index in [0.29, 0.717) is 12.5 Å². The van der Waals surface area contributed by atoms with Gasteiger partial charge in [-0.15, -0.1) is 0 Å². The SMILES string of the molecule is CC(CCC1CNc2ccc(C(F)(F)F)cc2C1C)CNCC(=O)O.c1ccccc1. The molecule has 0 radical (unpaired) electrons. The lowest BCUT2D eigenvalue weighted by atomic mass is 9.79. The largest absolute Gasteiger partial charge is 0.480 e. The predicted molar refractivity (Wildman–Crippen MR) is 117 cm³/mol. The molecule has 0 spiro atoms. The molecule has 0 aromatic heterocycles. The minimum absolute atomic E-state index is 0.0535. The number of aliphatic carboxylic acids is 1. The van der Waals surface area contributed by atoms with Gasteiger partial charge in [0, 0.05) is 12.2 Å². The zero-order valence-corrected chi connectivity index (χ0v) is 18.0. The number of alkyl halides is 3. The van der Waals surface area contributed by atoms with Crippen LogP contribution in [0.15, 0.2) is 54.6 Å². The number of rotatable bonds is 7. The van der Waals surface area contributed by atoms with Crippen molar-refractivity contribution >= 4 is 11.7 Å². The summed E-state index contributed by atoms with van der Waals surface area (Å²) in [7, 11) is 0. The maximum absolute atomic E-state index is 12.9. The topological polar surface area (TPSA) is 61.4 Å². The summed E-state index contributed by atoms with van der Waals surface area (Å²) in [6, 6.07) is 15.9. The highest BCUT2D eigenvalue weighted by Gasteiger charge is 2.33. The first-order chi connectivity index (χ1) is 14.7. The molecule has 0 saturated carbocycles. The Balaban J connectivity index is 0.000000488. The third-order valence-corrected chi connectivity index (χ3v) is 5.60. The Morgan fingerprint density at radius 3 is 2.35 bits per heavy atom. The van der Waals surface area contributed by atoms with Gasteiger partial charge < -0.3 is 15.7 Å². The van der Waals surface area contributed by atoms with Crippen LogP contribution in [0.1, 0.15) is 43.7 Å². The van der Waals surface area contributed by atoms with Crippen LogP contribution in [0, 0.1) is 11.8 Å². The molecule has 0 bridgehead atoms. The van der Waals surface area contributed by atoms with E-state index in [-0.39, 0.29) is 18.4 Å². The van der Waals surface area contributed by atoms with Crippen LogP contribution in [0.3, 0.4) is 0 Å². The van der Waals surface area contributed by atoms with Gasteiger partial charge in [0.05, 0.1) is 12.1 Å². The molecule has 3 atom stereocenters. The highest BCUT2D eigenvalue weighted by atomic mass is 19.4. The first-order valence-electron chi connectivity index (χ1n) is 10.6. The minimum Gasteiger partial charge on any atom is -0.480 e. The predicted octanol–water partition coefficient (Wildman–Crippen LogP) is 5.63. The lowest BCUT2D eigenvalue weighted by Gasteiger charge is -2.33. The summed E-state index contributed by atoms with van der Waals surface area (Å²) in [5.41, 5.74) is 0.905. The fraction of sp³-hybridized carbons (Fsp3) is 0.458. The van der Waals surface area contributed by atoms with Gasteiger partial charge in [-0.25, -0.2) is 0 Å². The maximum atomic E-state index is 12.9. The van der Waals surface area contributed by atoms with Crippen LogP contribution >= 0.6 is 0 Å². The molecule has 31 heavy (non-hydrogen) atoms. The summed E-state index contributed by atoms with van der Waals surface area (Å²) >= 11 is 0.